The van der Waals surface area contributed by atoms with Crippen LogP contribution in [0.1, 0.15) is 59.8 Å². The van der Waals surface area contributed by atoms with Crippen LogP contribution in [0.3, 0.4) is 0 Å². The zero-order valence-electron chi connectivity index (χ0n) is 11.3. The van der Waals surface area contributed by atoms with E-state index in [1.807, 2.05) is 0 Å². The maximum absolute atomic E-state index is 11.4. The second kappa shape index (κ2) is 9.49. The number of hydrogen-bond donors (Lipinski definition) is 2. The van der Waals surface area contributed by atoms with E-state index < -0.39 is 0 Å². The SMILES string of the molecule is CCCCCNC(=O)NC(C)CCC(C)C. The van der Waals surface area contributed by atoms with Crippen molar-refractivity contribution >= 4 is 6.03 Å². The molecule has 0 radical (unpaired) electrons. The molecule has 0 aliphatic rings. The monoisotopic (exact) mass is 228 g/mol. The van der Waals surface area contributed by atoms with Crippen molar-refractivity contribution in [1.29, 1.82) is 0 Å². The molecule has 2 N–H and O–H groups in total. The Balaban J connectivity index is 3.46. The number of unbranched alkanes of at least 4 members (excludes halogenated alkanes) is 2. The van der Waals surface area contributed by atoms with Crippen LogP contribution in [0.25, 0.3) is 0 Å². The zero-order valence-corrected chi connectivity index (χ0v) is 11.3. The Kier molecular flexibility index (Phi) is 9.06. The smallest absolute Gasteiger partial charge is 0.314 e. The van der Waals surface area contributed by atoms with E-state index in [1.165, 1.54) is 12.8 Å². The lowest BCUT2D eigenvalue weighted by Gasteiger charge is -2.15. The summed E-state index contributed by atoms with van der Waals surface area (Å²) in [5.41, 5.74) is 0. The first-order valence-electron chi connectivity index (χ1n) is 6.60. The van der Waals surface area contributed by atoms with Gasteiger partial charge < -0.3 is 10.6 Å². The third kappa shape index (κ3) is 9.81. The van der Waals surface area contributed by atoms with Gasteiger partial charge in [-0.3, -0.25) is 0 Å². The first-order chi connectivity index (χ1) is 7.56. The summed E-state index contributed by atoms with van der Waals surface area (Å²) in [7, 11) is 0. The van der Waals surface area contributed by atoms with E-state index in [9.17, 15) is 4.79 Å². The van der Waals surface area contributed by atoms with Crippen molar-refractivity contribution in [2.24, 2.45) is 5.92 Å². The number of hydrogen-bond acceptors (Lipinski definition) is 1. The Morgan fingerprint density at radius 1 is 1.12 bits per heavy atom. The quantitative estimate of drug-likeness (QED) is 0.615. The fourth-order valence-electron chi connectivity index (χ4n) is 1.51. The van der Waals surface area contributed by atoms with Gasteiger partial charge in [0.25, 0.3) is 0 Å². The summed E-state index contributed by atoms with van der Waals surface area (Å²) in [6.45, 7) is 9.42. The molecule has 3 heteroatoms. The average Bonchev–Trinajstić information content (AvgIpc) is 2.21. The molecule has 0 fully saturated rings. The van der Waals surface area contributed by atoms with E-state index in [0.717, 1.165) is 25.8 Å². The molecule has 0 aromatic heterocycles. The number of urea groups is 1. The Bertz CT molecular complexity index is 181. The number of rotatable bonds is 8. The third-order valence-electron chi connectivity index (χ3n) is 2.62. The highest BCUT2D eigenvalue weighted by molar-refractivity contribution is 5.74. The first kappa shape index (κ1) is 15.3. The topological polar surface area (TPSA) is 41.1 Å². The summed E-state index contributed by atoms with van der Waals surface area (Å²) in [4.78, 5) is 11.4. The molecule has 0 heterocycles. The number of nitrogens with one attached hydrogen (secondary N) is 2. The lowest BCUT2D eigenvalue weighted by atomic mass is 10.0. The summed E-state index contributed by atoms with van der Waals surface area (Å²) >= 11 is 0. The zero-order chi connectivity index (χ0) is 12.4. The Labute approximate surface area is 100 Å². The molecule has 0 spiro atoms. The Hall–Kier alpha value is -0.730. The molecule has 0 saturated heterocycles. The highest BCUT2D eigenvalue weighted by Gasteiger charge is 2.06. The van der Waals surface area contributed by atoms with Crippen molar-refractivity contribution < 1.29 is 4.79 Å². The van der Waals surface area contributed by atoms with Gasteiger partial charge >= 0.3 is 6.03 Å². The lowest BCUT2D eigenvalue weighted by Crippen LogP contribution is -2.41. The molecule has 0 bridgehead atoms. The minimum Gasteiger partial charge on any atom is -0.338 e. The van der Waals surface area contributed by atoms with Crippen LogP contribution in [0.4, 0.5) is 4.79 Å². The van der Waals surface area contributed by atoms with Gasteiger partial charge in [-0.25, -0.2) is 4.79 Å². The van der Waals surface area contributed by atoms with Crippen molar-refractivity contribution in [1.82, 2.24) is 10.6 Å². The predicted molar refractivity (Wildman–Crippen MR) is 69.6 cm³/mol. The van der Waals surface area contributed by atoms with Crippen molar-refractivity contribution in [2.45, 2.75) is 65.8 Å². The molecule has 3 nitrogen and oxygen atoms in total. The van der Waals surface area contributed by atoms with Gasteiger partial charge in [-0.2, -0.15) is 0 Å². The molecule has 96 valence electrons. The molecule has 16 heavy (non-hydrogen) atoms. The van der Waals surface area contributed by atoms with Crippen LogP contribution >= 0.6 is 0 Å². The third-order valence-corrected chi connectivity index (χ3v) is 2.62. The molecule has 0 aromatic carbocycles. The highest BCUT2D eigenvalue weighted by atomic mass is 16.2. The van der Waals surface area contributed by atoms with Gasteiger partial charge in [-0.05, 0) is 32.1 Å². The predicted octanol–water partition coefficient (Wildman–Crippen LogP) is 3.30. The second-order valence-electron chi connectivity index (χ2n) is 4.98. The number of carbonyl (C=O) groups excluding carboxylic acids is 1. The van der Waals surface area contributed by atoms with Gasteiger partial charge in [-0.15, -0.1) is 0 Å². The van der Waals surface area contributed by atoms with Gasteiger partial charge in [0.15, 0.2) is 0 Å². The van der Waals surface area contributed by atoms with E-state index in [4.69, 9.17) is 0 Å². The van der Waals surface area contributed by atoms with Crippen LogP contribution in [-0.4, -0.2) is 18.6 Å². The molecule has 2 amide bonds. The summed E-state index contributed by atoms with van der Waals surface area (Å²) < 4.78 is 0. The van der Waals surface area contributed by atoms with Crippen LogP contribution < -0.4 is 10.6 Å². The summed E-state index contributed by atoms with van der Waals surface area (Å²) in [6, 6.07) is 0.251. The Morgan fingerprint density at radius 3 is 2.38 bits per heavy atom. The van der Waals surface area contributed by atoms with Crippen LogP contribution in [0, 0.1) is 5.92 Å². The fourth-order valence-corrected chi connectivity index (χ4v) is 1.51. The molecule has 0 aliphatic heterocycles. The minimum atomic E-state index is -0.0210. The van der Waals surface area contributed by atoms with E-state index in [0.29, 0.717) is 5.92 Å². The fraction of sp³-hybridized carbons (Fsp3) is 0.923. The van der Waals surface area contributed by atoms with Crippen LogP contribution in [0.2, 0.25) is 0 Å². The summed E-state index contributed by atoms with van der Waals surface area (Å²) in [5, 5.41) is 5.85. The van der Waals surface area contributed by atoms with Gasteiger partial charge in [-0.1, -0.05) is 33.6 Å². The maximum atomic E-state index is 11.4. The first-order valence-corrected chi connectivity index (χ1v) is 6.60. The molecule has 0 saturated carbocycles. The highest BCUT2D eigenvalue weighted by Crippen LogP contribution is 2.06. The minimum absolute atomic E-state index is 0.0210. The Morgan fingerprint density at radius 2 is 1.81 bits per heavy atom. The molecular weight excluding hydrogens is 200 g/mol. The normalized spacial score (nSPS) is 12.6. The van der Waals surface area contributed by atoms with Gasteiger partial charge in [0, 0.05) is 12.6 Å². The maximum Gasteiger partial charge on any atom is 0.314 e. The molecule has 1 atom stereocenters. The van der Waals surface area contributed by atoms with E-state index in [-0.39, 0.29) is 12.1 Å². The van der Waals surface area contributed by atoms with Crippen LogP contribution in [0.15, 0.2) is 0 Å². The van der Waals surface area contributed by atoms with Crippen LogP contribution in [0.5, 0.6) is 0 Å². The van der Waals surface area contributed by atoms with E-state index >= 15 is 0 Å². The molecule has 0 rings (SSSR count). The van der Waals surface area contributed by atoms with Gasteiger partial charge in [0.2, 0.25) is 0 Å². The van der Waals surface area contributed by atoms with Crippen molar-refractivity contribution in [3.63, 3.8) is 0 Å². The average molecular weight is 228 g/mol. The number of carbonyl (C=O) groups is 1. The lowest BCUT2D eigenvalue weighted by molar-refractivity contribution is 0.236. The molecule has 0 aliphatic carbocycles. The van der Waals surface area contributed by atoms with E-state index in [2.05, 4.69) is 38.3 Å². The van der Waals surface area contributed by atoms with E-state index in [1.54, 1.807) is 0 Å². The summed E-state index contributed by atoms with van der Waals surface area (Å²) in [6.07, 6.45) is 5.67. The van der Waals surface area contributed by atoms with Gasteiger partial charge in [0.05, 0.1) is 0 Å². The largest absolute Gasteiger partial charge is 0.338 e. The number of amides is 2. The molecule has 0 aromatic rings. The standard InChI is InChI=1S/C13H28N2O/c1-5-6-7-10-14-13(16)15-12(4)9-8-11(2)3/h11-12H,5-10H2,1-4H3,(H2,14,15,16). The van der Waals surface area contributed by atoms with Crippen molar-refractivity contribution in [2.75, 3.05) is 6.54 Å². The molecule has 1 unspecified atom stereocenters. The van der Waals surface area contributed by atoms with Crippen LogP contribution in [-0.2, 0) is 0 Å². The van der Waals surface area contributed by atoms with Crippen molar-refractivity contribution in [3.8, 4) is 0 Å². The second-order valence-corrected chi connectivity index (χ2v) is 4.98. The summed E-state index contributed by atoms with van der Waals surface area (Å²) in [5.74, 6) is 0.705. The van der Waals surface area contributed by atoms with Crippen molar-refractivity contribution in [3.05, 3.63) is 0 Å². The van der Waals surface area contributed by atoms with Gasteiger partial charge in [0.1, 0.15) is 0 Å². The molecular formula is C13H28N2O.